The van der Waals surface area contributed by atoms with Crippen molar-refractivity contribution >= 4 is 38.0 Å². The van der Waals surface area contributed by atoms with Gasteiger partial charge >= 0.3 is 6.16 Å². The van der Waals surface area contributed by atoms with E-state index in [1.807, 2.05) is 0 Å². The van der Waals surface area contributed by atoms with E-state index >= 15 is 0 Å². The van der Waals surface area contributed by atoms with E-state index in [0.717, 1.165) is 9.31 Å². The average Bonchev–Trinajstić information content (AvgIpc) is 2.34. The Hall–Kier alpha value is -0.0300. The minimum Gasteiger partial charge on any atom is -0.450 e. The Morgan fingerprint density at radius 3 is 1.85 bits per heavy atom. The molecule has 76 valence electrons. The lowest BCUT2D eigenvalue weighted by atomic mass is 10.1. The summed E-state index contributed by atoms with van der Waals surface area (Å²) in [5.41, 5.74) is 0.562. The maximum absolute atomic E-state index is 8.56. The molecule has 1 fully saturated rings. The van der Waals surface area contributed by atoms with E-state index in [0.29, 0.717) is 5.41 Å². The monoisotopic (exact) mass is 314 g/mol. The molecule has 0 spiro atoms. The molecule has 0 amide bonds. The van der Waals surface area contributed by atoms with Gasteiger partial charge in [0, 0.05) is 0 Å². The fourth-order valence-electron chi connectivity index (χ4n) is 0.944. The predicted octanol–water partition coefficient (Wildman–Crippen LogP) is 3.89. The van der Waals surface area contributed by atoms with E-state index in [2.05, 4.69) is 51.8 Å². The second-order valence-electron chi connectivity index (χ2n) is 3.54. The van der Waals surface area contributed by atoms with Crippen LogP contribution in [0.3, 0.4) is 0 Å². The Kier molecular flexibility index (Phi) is 4.99. The number of hydrogen-bond donors (Lipinski definition) is 2. The topological polar surface area (TPSA) is 57.5 Å². The van der Waals surface area contributed by atoms with Gasteiger partial charge in [0.25, 0.3) is 0 Å². The van der Waals surface area contributed by atoms with Crippen molar-refractivity contribution in [1.82, 2.24) is 0 Å². The molecule has 0 heterocycles. The van der Waals surface area contributed by atoms with E-state index in [1.165, 1.54) is 6.42 Å². The van der Waals surface area contributed by atoms with Crippen LogP contribution in [-0.2, 0) is 0 Å². The summed E-state index contributed by atoms with van der Waals surface area (Å²) in [4.78, 5) is 8.56. The largest absolute Gasteiger partial charge is 0.503 e. The van der Waals surface area contributed by atoms with Gasteiger partial charge in [0.1, 0.15) is 0 Å². The second-order valence-corrected chi connectivity index (χ2v) is 6.31. The Labute approximate surface area is 94.1 Å². The van der Waals surface area contributed by atoms with Crippen molar-refractivity contribution in [2.45, 2.75) is 20.3 Å². The molecule has 3 nitrogen and oxygen atoms in total. The molecule has 1 aliphatic rings. The van der Waals surface area contributed by atoms with Gasteiger partial charge in [0.05, 0.1) is 3.39 Å². The highest BCUT2D eigenvalue weighted by molar-refractivity contribution is 9.28. The molecule has 5 heteroatoms. The lowest BCUT2D eigenvalue weighted by Gasteiger charge is -1.95. The molecule has 2 N–H and O–H groups in total. The van der Waals surface area contributed by atoms with E-state index in [-0.39, 0.29) is 0 Å². The number of halogens is 2. The standard InChI is InChI=1S/C7H10Br2.CH2O3/c1-7(2)4-5(7)3-6(8)9;2-1(3)4/h3,5H,4H2,1-2H3;(H2,2,3,4)/t5-;/m0./s1. The zero-order valence-corrected chi connectivity index (χ0v) is 10.6. The van der Waals surface area contributed by atoms with Gasteiger partial charge in [0.15, 0.2) is 0 Å². The van der Waals surface area contributed by atoms with Crippen molar-refractivity contribution in [3.05, 3.63) is 9.47 Å². The predicted molar refractivity (Wildman–Crippen MR) is 58.5 cm³/mol. The van der Waals surface area contributed by atoms with Crippen molar-refractivity contribution in [1.29, 1.82) is 0 Å². The normalized spacial score (nSPS) is 22.3. The zero-order valence-electron chi connectivity index (χ0n) is 7.42. The van der Waals surface area contributed by atoms with E-state index < -0.39 is 6.16 Å². The number of hydrogen-bond acceptors (Lipinski definition) is 1. The van der Waals surface area contributed by atoms with E-state index in [9.17, 15) is 0 Å². The molecule has 0 unspecified atom stereocenters. The van der Waals surface area contributed by atoms with Gasteiger partial charge in [-0.05, 0) is 49.6 Å². The number of carboxylic acid groups (broad SMARTS) is 2. The molecular weight excluding hydrogens is 304 g/mol. The molecule has 1 atom stereocenters. The molecule has 0 aromatic carbocycles. The van der Waals surface area contributed by atoms with Crippen LogP contribution in [0.25, 0.3) is 0 Å². The minimum atomic E-state index is -1.83. The van der Waals surface area contributed by atoms with Crippen molar-refractivity contribution in [2.75, 3.05) is 0 Å². The lowest BCUT2D eigenvalue weighted by molar-refractivity contribution is 0.137. The van der Waals surface area contributed by atoms with Crippen LogP contribution in [0.2, 0.25) is 0 Å². The zero-order chi connectivity index (χ0) is 10.6. The third-order valence-electron chi connectivity index (χ3n) is 1.92. The first-order chi connectivity index (χ1) is 5.75. The van der Waals surface area contributed by atoms with Gasteiger partial charge in [-0.2, -0.15) is 0 Å². The molecule has 1 aliphatic carbocycles. The van der Waals surface area contributed by atoms with Gasteiger partial charge in [0.2, 0.25) is 0 Å². The maximum Gasteiger partial charge on any atom is 0.503 e. The molecule has 0 aromatic heterocycles. The third kappa shape index (κ3) is 7.07. The van der Waals surface area contributed by atoms with Gasteiger partial charge in [-0.3, -0.25) is 0 Å². The highest BCUT2D eigenvalue weighted by Gasteiger charge is 2.43. The number of carbonyl (C=O) groups is 1. The van der Waals surface area contributed by atoms with Crippen LogP contribution in [-0.4, -0.2) is 16.4 Å². The van der Waals surface area contributed by atoms with Crippen molar-refractivity contribution in [3.8, 4) is 0 Å². The highest BCUT2D eigenvalue weighted by Crippen LogP contribution is 2.53. The smallest absolute Gasteiger partial charge is 0.450 e. The number of rotatable bonds is 1. The first kappa shape index (κ1) is 13.0. The molecule has 0 aromatic rings. The first-order valence-corrected chi connectivity index (χ1v) is 5.29. The summed E-state index contributed by atoms with van der Waals surface area (Å²) in [6, 6.07) is 0. The van der Waals surface area contributed by atoms with Crippen molar-refractivity contribution in [2.24, 2.45) is 11.3 Å². The van der Waals surface area contributed by atoms with Crippen LogP contribution in [0.1, 0.15) is 20.3 Å². The van der Waals surface area contributed by atoms with Gasteiger partial charge in [-0.1, -0.05) is 19.9 Å². The molecule has 1 rings (SSSR count). The molecular formula is C8H12Br2O3. The Balaban J connectivity index is 0.000000310. The molecule has 0 radical (unpaired) electrons. The lowest BCUT2D eigenvalue weighted by Crippen LogP contribution is -1.85. The highest BCUT2D eigenvalue weighted by atomic mass is 79.9. The van der Waals surface area contributed by atoms with Crippen LogP contribution in [0.5, 0.6) is 0 Å². The van der Waals surface area contributed by atoms with Gasteiger partial charge < -0.3 is 10.2 Å². The summed E-state index contributed by atoms with van der Waals surface area (Å²) >= 11 is 6.69. The van der Waals surface area contributed by atoms with Crippen LogP contribution >= 0.6 is 31.9 Å². The van der Waals surface area contributed by atoms with Crippen molar-refractivity contribution < 1.29 is 15.0 Å². The Bertz CT molecular complexity index is 215. The van der Waals surface area contributed by atoms with Crippen LogP contribution in [0.4, 0.5) is 4.79 Å². The van der Waals surface area contributed by atoms with Crippen LogP contribution in [0.15, 0.2) is 9.47 Å². The summed E-state index contributed by atoms with van der Waals surface area (Å²) in [5, 5.41) is 13.9. The summed E-state index contributed by atoms with van der Waals surface area (Å²) < 4.78 is 1.09. The Morgan fingerprint density at radius 2 is 1.77 bits per heavy atom. The fourth-order valence-corrected chi connectivity index (χ4v) is 1.58. The quantitative estimate of drug-likeness (QED) is 0.772. The minimum absolute atomic E-state index is 0.562. The number of allylic oxidation sites excluding steroid dienone is 1. The van der Waals surface area contributed by atoms with Gasteiger partial charge in [-0.25, -0.2) is 4.79 Å². The van der Waals surface area contributed by atoms with Gasteiger partial charge in [-0.15, -0.1) is 0 Å². The summed E-state index contributed by atoms with van der Waals surface area (Å²) in [5.74, 6) is 0.784. The van der Waals surface area contributed by atoms with E-state index in [1.54, 1.807) is 0 Å². The first-order valence-electron chi connectivity index (χ1n) is 3.70. The molecule has 0 saturated heterocycles. The average molecular weight is 316 g/mol. The second kappa shape index (κ2) is 5.00. The molecule has 0 bridgehead atoms. The SMILES string of the molecule is CC1(C)C[C@@H]1C=C(Br)Br.O=C(O)O. The Morgan fingerprint density at radius 1 is 1.46 bits per heavy atom. The van der Waals surface area contributed by atoms with E-state index in [4.69, 9.17) is 15.0 Å². The summed E-state index contributed by atoms with van der Waals surface area (Å²) in [6.45, 7) is 4.58. The van der Waals surface area contributed by atoms with Crippen LogP contribution < -0.4 is 0 Å². The molecule has 0 aliphatic heterocycles. The molecule has 1 saturated carbocycles. The fraction of sp³-hybridized carbons (Fsp3) is 0.625. The summed E-state index contributed by atoms with van der Waals surface area (Å²) in [7, 11) is 0. The molecule has 13 heavy (non-hydrogen) atoms. The summed E-state index contributed by atoms with van der Waals surface area (Å²) in [6.07, 6.45) is 1.72. The third-order valence-corrected chi connectivity index (χ3v) is 2.45. The van der Waals surface area contributed by atoms with Crippen molar-refractivity contribution in [3.63, 3.8) is 0 Å². The van der Waals surface area contributed by atoms with Crippen LogP contribution in [0, 0.1) is 11.3 Å². The maximum atomic E-state index is 8.56.